The van der Waals surface area contributed by atoms with Gasteiger partial charge in [-0.15, -0.1) is 0 Å². The maximum Gasteiger partial charge on any atom is 0.222 e. The number of fused-ring (bicyclic) bond motifs is 2. The van der Waals surface area contributed by atoms with Crippen molar-refractivity contribution < 1.29 is 33.3 Å². The van der Waals surface area contributed by atoms with Crippen LogP contribution >= 0.6 is 12.6 Å². The largest absolute Gasteiger partial charge is 0.491 e. The molecular formula is C41H54N8O7S. The number of ether oxygens (including phenoxy) is 5. The molecule has 0 unspecified atom stereocenters. The van der Waals surface area contributed by atoms with Gasteiger partial charge in [-0.2, -0.15) is 12.6 Å². The van der Waals surface area contributed by atoms with E-state index in [1.165, 1.54) is 5.69 Å². The standard InChI is InChI=1S/C41H54N8O7S/c1-48-14-16-49(17-15-48)32-5-9-35-37(29-32)47-41(45-35)31-4-8-34-36(28-31)46-40(44-34)30-2-6-33(7-3-30)56-26-25-55-24-23-54-19-12-42-38(50)10-18-52-21-22-53-20-13-43-39(51)11-27-57/h2-9,28-29,57H,10-27H2,1H3,(H,42,50)(H,43,51)(H,44,46)(H,45,47). The highest BCUT2D eigenvalue weighted by molar-refractivity contribution is 7.80. The van der Waals surface area contributed by atoms with Crippen LogP contribution in [0.15, 0.2) is 60.7 Å². The summed E-state index contributed by atoms with van der Waals surface area (Å²) in [5.41, 5.74) is 6.98. The molecule has 1 fully saturated rings. The molecule has 0 bridgehead atoms. The molecule has 0 radical (unpaired) electrons. The van der Waals surface area contributed by atoms with Gasteiger partial charge in [0.25, 0.3) is 0 Å². The Labute approximate surface area is 338 Å². The number of imidazole rings is 2. The summed E-state index contributed by atoms with van der Waals surface area (Å²) in [6, 6.07) is 20.5. The first-order valence-electron chi connectivity index (χ1n) is 19.6. The molecule has 0 spiro atoms. The van der Waals surface area contributed by atoms with E-state index >= 15 is 0 Å². The van der Waals surface area contributed by atoms with E-state index in [-0.39, 0.29) is 18.2 Å². The molecule has 2 aromatic heterocycles. The second-order valence-corrected chi connectivity index (χ2v) is 14.1. The highest BCUT2D eigenvalue weighted by Crippen LogP contribution is 2.29. The Morgan fingerprint density at radius 1 is 0.649 bits per heavy atom. The van der Waals surface area contributed by atoms with Crippen LogP contribution in [-0.2, 0) is 28.5 Å². The lowest BCUT2D eigenvalue weighted by Gasteiger charge is -2.34. The SMILES string of the molecule is CN1CCN(c2ccc3nc(-c4ccc5nc(-c6ccc(OCCOCCOCCNC(=O)CCOCCOCCNC(=O)CCS)cc6)[nH]c5c4)[nH]c3c2)CC1. The molecular weight excluding hydrogens is 749 g/mol. The van der Waals surface area contributed by atoms with Gasteiger partial charge in [0.2, 0.25) is 11.8 Å². The van der Waals surface area contributed by atoms with Gasteiger partial charge < -0.3 is 54.1 Å². The fourth-order valence-corrected chi connectivity index (χ4v) is 6.43. The Hall–Kier alpha value is -4.71. The molecule has 15 nitrogen and oxygen atoms in total. The molecule has 2 amide bonds. The van der Waals surface area contributed by atoms with Crippen LogP contribution in [0.5, 0.6) is 5.75 Å². The van der Waals surface area contributed by atoms with Gasteiger partial charge in [-0.05, 0) is 73.5 Å². The summed E-state index contributed by atoms with van der Waals surface area (Å²) in [6.07, 6.45) is 0.653. The zero-order valence-electron chi connectivity index (χ0n) is 32.6. The topological polar surface area (TPSA) is 168 Å². The number of carbonyl (C=O) groups excluding carboxylic acids is 2. The van der Waals surface area contributed by atoms with Crippen molar-refractivity contribution in [2.75, 3.05) is 116 Å². The van der Waals surface area contributed by atoms with Crippen molar-refractivity contribution in [2.24, 2.45) is 0 Å². The van der Waals surface area contributed by atoms with E-state index in [0.29, 0.717) is 84.7 Å². The second-order valence-electron chi connectivity index (χ2n) is 13.6. The quantitative estimate of drug-likeness (QED) is 0.0454. The number of benzene rings is 3. The van der Waals surface area contributed by atoms with Crippen LogP contribution in [0, 0.1) is 0 Å². The van der Waals surface area contributed by atoms with Crippen molar-refractivity contribution in [3.63, 3.8) is 0 Å². The molecule has 16 heteroatoms. The number of likely N-dealkylation sites (N-methyl/N-ethyl adjacent to an activating group) is 1. The molecule has 57 heavy (non-hydrogen) atoms. The number of hydrogen-bond acceptors (Lipinski definition) is 12. The van der Waals surface area contributed by atoms with Gasteiger partial charge in [0.1, 0.15) is 24.0 Å². The normalized spacial score (nSPS) is 13.4. The maximum absolute atomic E-state index is 11.9. The summed E-state index contributed by atoms with van der Waals surface area (Å²) in [6.45, 7) is 8.62. The number of amides is 2. The predicted molar refractivity (Wildman–Crippen MR) is 224 cm³/mol. The van der Waals surface area contributed by atoms with Gasteiger partial charge in [-0.1, -0.05) is 0 Å². The summed E-state index contributed by atoms with van der Waals surface area (Å²) in [5.74, 6) is 2.74. The lowest BCUT2D eigenvalue weighted by molar-refractivity contribution is -0.122. The Morgan fingerprint density at radius 2 is 1.19 bits per heavy atom. The lowest BCUT2D eigenvalue weighted by Crippen LogP contribution is -2.44. The molecule has 0 aliphatic carbocycles. The first-order valence-corrected chi connectivity index (χ1v) is 20.2. The average molecular weight is 803 g/mol. The molecule has 3 aromatic carbocycles. The average Bonchev–Trinajstić information content (AvgIpc) is 3.86. The molecule has 0 saturated carbocycles. The van der Waals surface area contributed by atoms with Gasteiger partial charge in [0.15, 0.2) is 0 Å². The number of nitrogens with zero attached hydrogens (tertiary/aromatic N) is 4. The maximum atomic E-state index is 11.9. The van der Waals surface area contributed by atoms with Crippen molar-refractivity contribution >= 4 is 52.2 Å². The molecule has 1 saturated heterocycles. The molecule has 1 aliphatic rings. The van der Waals surface area contributed by atoms with E-state index in [2.05, 4.69) is 80.4 Å². The zero-order chi connectivity index (χ0) is 39.7. The van der Waals surface area contributed by atoms with Gasteiger partial charge in [-0.25, -0.2) is 9.97 Å². The van der Waals surface area contributed by atoms with E-state index in [9.17, 15) is 9.59 Å². The van der Waals surface area contributed by atoms with Crippen LogP contribution in [0.1, 0.15) is 12.8 Å². The number of thiol groups is 1. The van der Waals surface area contributed by atoms with Crippen molar-refractivity contribution in [2.45, 2.75) is 12.8 Å². The minimum absolute atomic E-state index is 0.0399. The van der Waals surface area contributed by atoms with Gasteiger partial charge in [0, 0.05) is 68.9 Å². The number of anilines is 1. The van der Waals surface area contributed by atoms with E-state index in [1.807, 2.05) is 30.3 Å². The summed E-state index contributed by atoms with van der Waals surface area (Å²) in [4.78, 5) is 44.7. The third kappa shape index (κ3) is 13.2. The lowest BCUT2D eigenvalue weighted by atomic mass is 10.2. The number of nitrogens with one attached hydrogen (secondary N) is 4. The van der Waals surface area contributed by atoms with Crippen LogP contribution in [-0.4, -0.2) is 148 Å². The van der Waals surface area contributed by atoms with Crippen molar-refractivity contribution in [3.8, 4) is 28.5 Å². The van der Waals surface area contributed by atoms with Crippen molar-refractivity contribution in [1.82, 2.24) is 35.5 Å². The van der Waals surface area contributed by atoms with Crippen molar-refractivity contribution in [1.29, 1.82) is 0 Å². The molecule has 3 heterocycles. The number of hydrogen-bond donors (Lipinski definition) is 5. The summed E-state index contributed by atoms with van der Waals surface area (Å²) in [7, 11) is 2.17. The third-order valence-electron chi connectivity index (χ3n) is 9.41. The fraction of sp³-hybridized carbons (Fsp3) is 0.463. The van der Waals surface area contributed by atoms with Crippen LogP contribution < -0.4 is 20.3 Å². The molecule has 6 rings (SSSR count). The van der Waals surface area contributed by atoms with Crippen molar-refractivity contribution in [3.05, 3.63) is 60.7 Å². The minimum atomic E-state index is -0.103. The van der Waals surface area contributed by atoms with E-state index in [0.717, 1.165) is 76.8 Å². The number of aromatic nitrogens is 4. The van der Waals surface area contributed by atoms with Gasteiger partial charge in [0.05, 0.1) is 74.9 Å². The Kier molecular flexibility index (Phi) is 16.4. The first-order chi connectivity index (χ1) is 27.9. The summed E-state index contributed by atoms with van der Waals surface area (Å²) in [5, 5.41) is 5.54. The molecule has 1 aliphatic heterocycles. The zero-order valence-corrected chi connectivity index (χ0v) is 33.5. The number of aromatic amines is 2. The van der Waals surface area contributed by atoms with Crippen LogP contribution in [0.25, 0.3) is 44.8 Å². The molecule has 4 N–H and O–H groups in total. The Balaban J connectivity index is 0.814. The number of piperazine rings is 1. The predicted octanol–water partition coefficient (Wildman–Crippen LogP) is 3.91. The van der Waals surface area contributed by atoms with Gasteiger partial charge >= 0.3 is 0 Å². The van der Waals surface area contributed by atoms with E-state index in [1.54, 1.807) is 0 Å². The van der Waals surface area contributed by atoms with E-state index in [4.69, 9.17) is 33.7 Å². The van der Waals surface area contributed by atoms with E-state index < -0.39 is 0 Å². The summed E-state index contributed by atoms with van der Waals surface area (Å²) < 4.78 is 27.8. The number of carbonyl (C=O) groups is 2. The second kappa shape index (κ2) is 22.3. The highest BCUT2D eigenvalue weighted by atomic mass is 32.1. The van der Waals surface area contributed by atoms with Crippen LogP contribution in [0.3, 0.4) is 0 Å². The third-order valence-corrected chi connectivity index (χ3v) is 9.63. The smallest absolute Gasteiger partial charge is 0.222 e. The number of rotatable bonds is 24. The fourth-order valence-electron chi connectivity index (χ4n) is 6.23. The molecule has 306 valence electrons. The molecule has 0 atom stereocenters. The first kappa shape index (κ1) is 41.9. The number of H-pyrrole nitrogens is 2. The Bertz CT molecular complexity index is 2000. The minimum Gasteiger partial charge on any atom is -0.491 e. The Morgan fingerprint density at radius 3 is 1.86 bits per heavy atom. The molecule has 5 aromatic rings. The monoisotopic (exact) mass is 802 g/mol. The highest BCUT2D eigenvalue weighted by Gasteiger charge is 2.16. The summed E-state index contributed by atoms with van der Waals surface area (Å²) >= 11 is 4.01. The van der Waals surface area contributed by atoms with Crippen LogP contribution in [0.2, 0.25) is 0 Å². The van der Waals surface area contributed by atoms with Crippen LogP contribution in [0.4, 0.5) is 5.69 Å². The van der Waals surface area contributed by atoms with Gasteiger partial charge in [-0.3, -0.25) is 9.59 Å².